The number of hydrogen-bond acceptors (Lipinski definition) is 3. The molecule has 0 radical (unpaired) electrons. The first-order valence-corrected chi connectivity index (χ1v) is 6.91. The van der Waals surface area contributed by atoms with Gasteiger partial charge in [-0.15, -0.1) is 0 Å². The topological polar surface area (TPSA) is 35.5 Å². The van der Waals surface area contributed by atoms with Gasteiger partial charge in [0, 0.05) is 5.56 Å². The fourth-order valence-electron chi connectivity index (χ4n) is 2.02. The van der Waals surface area contributed by atoms with E-state index in [1.165, 1.54) is 5.56 Å². The monoisotopic (exact) mass is 284 g/mol. The zero-order valence-electron chi connectivity index (χ0n) is 12.7. The van der Waals surface area contributed by atoms with Crippen LogP contribution in [-0.4, -0.2) is 19.5 Å². The minimum atomic E-state index is 0.000922. The average Bonchev–Trinajstić information content (AvgIpc) is 2.50. The predicted molar refractivity (Wildman–Crippen MR) is 82.9 cm³/mol. The number of methoxy groups -OCH3 is 1. The third-order valence-corrected chi connectivity index (χ3v) is 3.46. The summed E-state index contributed by atoms with van der Waals surface area (Å²) in [6.45, 7) is 4.51. The van der Waals surface area contributed by atoms with Crippen molar-refractivity contribution in [3.05, 3.63) is 64.7 Å². The molecule has 0 bridgehead atoms. The highest BCUT2D eigenvalue weighted by molar-refractivity contribution is 5.97. The number of aryl methyl sites for hydroxylation is 2. The lowest BCUT2D eigenvalue weighted by atomic mass is 10.0. The van der Waals surface area contributed by atoms with E-state index in [4.69, 9.17) is 9.47 Å². The van der Waals surface area contributed by atoms with Crippen LogP contribution >= 0.6 is 0 Å². The summed E-state index contributed by atoms with van der Waals surface area (Å²) in [5.41, 5.74) is 3.99. The molecule has 0 spiro atoms. The Hall–Kier alpha value is -2.13. The minimum Gasteiger partial charge on any atom is -0.497 e. The molecule has 21 heavy (non-hydrogen) atoms. The molecule has 2 rings (SSSR count). The molecule has 0 fully saturated rings. The lowest BCUT2D eigenvalue weighted by Gasteiger charge is -2.07. The van der Waals surface area contributed by atoms with Gasteiger partial charge in [-0.25, -0.2) is 0 Å². The quantitative estimate of drug-likeness (QED) is 0.759. The van der Waals surface area contributed by atoms with Gasteiger partial charge in [0.15, 0.2) is 5.78 Å². The van der Waals surface area contributed by atoms with Crippen LogP contribution in [0, 0.1) is 13.8 Å². The van der Waals surface area contributed by atoms with Crippen LogP contribution in [0.3, 0.4) is 0 Å². The second-order valence-corrected chi connectivity index (χ2v) is 5.07. The first-order chi connectivity index (χ1) is 10.1. The van der Waals surface area contributed by atoms with Crippen LogP contribution in [0.2, 0.25) is 0 Å². The van der Waals surface area contributed by atoms with Gasteiger partial charge in [0.05, 0.1) is 13.7 Å². The molecule has 0 aliphatic heterocycles. The maximum atomic E-state index is 12.1. The summed E-state index contributed by atoms with van der Waals surface area (Å²) in [7, 11) is 1.63. The first kappa shape index (κ1) is 15.3. The van der Waals surface area contributed by atoms with Crippen LogP contribution < -0.4 is 4.74 Å². The van der Waals surface area contributed by atoms with Gasteiger partial charge in [0.1, 0.15) is 12.4 Å². The van der Waals surface area contributed by atoms with Gasteiger partial charge in [-0.2, -0.15) is 0 Å². The molecule has 0 N–H and O–H groups in total. The van der Waals surface area contributed by atoms with Crippen molar-refractivity contribution in [2.45, 2.75) is 20.5 Å². The van der Waals surface area contributed by atoms with E-state index in [1.807, 2.05) is 56.3 Å². The fraction of sp³-hybridized carbons (Fsp3) is 0.278. The van der Waals surface area contributed by atoms with Crippen molar-refractivity contribution < 1.29 is 14.3 Å². The Balaban J connectivity index is 1.90. The van der Waals surface area contributed by atoms with Gasteiger partial charge in [-0.3, -0.25) is 4.79 Å². The third kappa shape index (κ3) is 4.17. The first-order valence-electron chi connectivity index (χ1n) is 6.91. The van der Waals surface area contributed by atoms with Crippen LogP contribution in [0.1, 0.15) is 27.0 Å². The predicted octanol–water partition coefficient (Wildman–Crippen LogP) is 3.71. The van der Waals surface area contributed by atoms with Gasteiger partial charge in [0.25, 0.3) is 0 Å². The molecule has 0 heterocycles. The van der Waals surface area contributed by atoms with Crippen LogP contribution in [0.15, 0.2) is 42.5 Å². The van der Waals surface area contributed by atoms with E-state index in [-0.39, 0.29) is 12.4 Å². The van der Waals surface area contributed by atoms with Crippen LogP contribution in [-0.2, 0) is 11.3 Å². The van der Waals surface area contributed by atoms with E-state index in [0.29, 0.717) is 12.2 Å². The summed E-state index contributed by atoms with van der Waals surface area (Å²) in [6, 6.07) is 13.4. The highest BCUT2D eigenvalue weighted by Crippen LogP contribution is 2.14. The molecule has 0 atom stereocenters. The number of ether oxygens (including phenoxy) is 2. The van der Waals surface area contributed by atoms with E-state index in [2.05, 4.69) is 0 Å². The Morgan fingerprint density at radius 2 is 1.86 bits per heavy atom. The van der Waals surface area contributed by atoms with Crippen molar-refractivity contribution in [2.75, 3.05) is 13.7 Å². The van der Waals surface area contributed by atoms with E-state index >= 15 is 0 Å². The van der Waals surface area contributed by atoms with Crippen molar-refractivity contribution in [3.63, 3.8) is 0 Å². The summed E-state index contributed by atoms with van der Waals surface area (Å²) >= 11 is 0. The third-order valence-electron chi connectivity index (χ3n) is 3.46. The van der Waals surface area contributed by atoms with Crippen molar-refractivity contribution in [1.29, 1.82) is 0 Å². The van der Waals surface area contributed by atoms with Crippen LogP contribution in [0.4, 0.5) is 0 Å². The van der Waals surface area contributed by atoms with Crippen LogP contribution in [0.5, 0.6) is 5.75 Å². The summed E-state index contributed by atoms with van der Waals surface area (Å²) in [5, 5.41) is 0. The Bertz CT molecular complexity index is 632. The van der Waals surface area contributed by atoms with E-state index in [9.17, 15) is 4.79 Å². The van der Waals surface area contributed by atoms with E-state index in [0.717, 1.165) is 16.9 Å². The van der Waals surface area contributed by atoms with E-state index in [1.54, 1.807) is 7.11 Å². The number of hydrogen-bond donors (Lipinski definition) is 0. The standard InChI is InChI=1S/C18H20O3/c1-13-7-8-16(9-14(13)2)18(19)12-21-11-15-5-4-6-17(10-15)20-3/h4-10H,11-12H2,1-3H3. The summed E-state index contributed by atoms with van der Waals surface area (Å²) in [5.74, 6) is 0.789. The lowest BCUT2D eigenvalue weighted by Crippen LogP contribution is -2.09. The average molecular weight is 284 g/mol. The zero-order chi connectivity index (χ0) is 15.2. The maximum absolute atomic E-state index is 12.1. The molecule has 0 aliphatic rings. The lowest BCUT2D eigenvalue weighted by molar-refractivity contribution is 0.0726. The van der Waals surface area contributed by atoms with Gasteiger partial charge in [-0.05, 0) is 48.7 Å². The molecule has 0 saturated heterocycles. The van der Waals surface area contributed by atoms with Gasteiger partial charge in [0.2, 0.25) is 0 Å². The Kier molecular flexibility index (Phi) is 5.12. The highest BCUT2D eigenvalue weighted by Gasteiger charge is 2.07. The highest BCUT2D eigenvalue weighted by atomic mass is 16.5. The largest absolute Gasteiger partial charge is 0.497 e. The Morgan fingerprint density at radius 3 is 2.57 bits per heavy atom. The number of rotatable bonds is 6. The van der Waals surface area contributed by atoms with E-state index < -0.39 is 0 Å². The normalized spacial score (nSPS) is 10.4. The molecule has 0 aromatic heterocycles. The molecule has 110 valence electrons. The van der Waals surface area contributed by atoms with Gasteiger partial charge < -0.3 is 9.47 Å². The number of Topliss-reactive ketones (excluding diaryl/α,β-unsaturated/α-hetero) is 1. The molecule has 2 aromatic carbocycles. The summed E-state index contributed by atoms with van der Waals surface area (Å²) in [4.78, 5) is 12.1. The van der Waals surface area contributed by atoms with Crippen molar-refractivity contribution in [3.8, 4) is 5.75 Å². The molecule has 0 saturated carbocycles. The summed E-state index contributed by atoms with van der Waals surface area (Å²) < 4.78 is 10.7. The number of ketones is 1. The molecule has 3 nitrogen and oxygen atoms in total. The van der Waals surface area contributed by atoms with Crippen molar-refractivity contribution in [2.24, 2.45) is 0 Å². The van der Waals surface area contributed by atoms with Crippen LogP contribution in [0.25, 0.3) is 0 Å². The molecule has 2 aromatic rings. The van der Waals surface area contributed by atoms with Crippen molar-refractivity contribution >= 4 is 5.78 Å². The second kappa shape index (κ2) is 7.04. The fourth-order valence-corrected chi connectivity index (χ4v) is 2.02. The van der Waals surface area contributed by atoms with Gasteiger partial charge in [-0.1, -0.05) is 24.3 Å². The van der Waals surface area contributed by atoms with Crippen molar-refractivity contribution in [1.82, 2.24) is 0 Å². The smallest absolute Gasteiger partial charge is 0.188 e. The minimum absolute atomic E-state index is 0.000922. The van der Waals surface area contributed by atoms with Gasteiger partial charge >= 0.3 is 0 Å². The molecule has 0 aliphatic carbocycles. The maximum Gasteiger partial charge on any atom is 0.188 e. The molecule has 3 heteroatoms. The molecule has 0 unspecified atom stereocenters. The number of carbonyl (C=O) groups excluding carboxylic acids is 1. The molecule has 0 amide bonds. The molecular formula is C18H20O3. The summed E-state index contributed by atoms with van der Waals surface area (Å²) in [6.07, 6.45) is 0. The SMILES string of the molecule is COc1cccc(COCC(=O)c2ccc(C)c(C)c2)c1. The number of benzene rings is 2. The Labute approximate surface area is 125 Å². The second-order valence-electron chi connectivity index (χ2n) is 5.07. The Morgan fingerprint density at radius 1 is 1.05 bits per heavy atom. The molecular weight excluding hydrogens is 264 g/mol. The zero-order valence-corrected chi connectivity index (χ0v) is 12.7. The number of carbonyl (C=O) groups is 1.